The molecule has 0 aliphatic carbocycles. The van der Waals surface area contributed by atoms with Crippen LogP contribution in [-0.2, 0) is 0 Å². The number of aryl methyl sites for hydroxylation is 1. The van der Waals surface area contributed by atoms with Gasteiger partial charge in [0.1, 0.15) is 10.8 Å². The molecule has 100 valence electrons. The number of halogens is 3. The molecular weight excluding hydrogens is 355 g/mol. The van der Waals surface area contributed by atoms with Crippen molar-refractivity contribution in [2.45, 2.75) is 6.92 Å². The van der Waals surface area contributed by atoms with Crippen LogP contribution >= 0.6 is 39.1 Å². The Kier molecular flexibility index (Phi) is 4.03. The number of nitrogens with zero attached hydrogens (tertiary/aromatic N) is 3. The highest BCUT2D eigenvalue weighted by atomic mass is 79.9. The van der Waals surface area contributed by atoms with Crippen molar-refractivity contribution in [3.05, 3.63) is 38.0 Å². The number of nitrogen functional groups attached to an aromatic ring is 1. The number of anilines is 1. The fraction of sp³-hybridized carbons (Fsp3) is 0.0909. The maximum Gasteiger partial charge on any atom is 0.221 e. The van der Waals surface area contributed by atoms with Crippen molar-refractivity contribution in [2.24, 2.45) is 5.10 Å². The summed E-state index contributed by atoms with van der Waals surface area (Å²) in [4.78, 5) is 4.00. The Morgan fingerprint density at radius 3 is 2.74 bits per heavy atom. The number of hydrogen-bond acceptors (Lipinski definition) is 4. The summed E-state index contributed by atoms with van der Waals surface area (Å²) in [6, 6.07) is 1.60. The van der Waals surface area contributed by atoms with E-state index in [4.69, 9.17) is 28.9 Å². The average molecular weight is 364 g/mol. The minimum Gasteiger partial charge on any atom is -0.506 e. The first-order valence-electron chi connectivity index (χ1n) is 5.12. The summed E-state index contributed by atoms with van der Waals surface area (Å²) in [5, 5.41) is 14.3. The summed E-state index contributed by atoms with van der Waals surface area (Å²) in [6.45, 7) is 1.80. The number of nitrogens with two attached hydrogens (primary N) is 1. The van der Waals surface area contributed by atoms with E-state index in [1.165, 1.54) is 10.9 Å². The summed E-state index contributed by atoms with van der Waals surface area (Å²) >= 11 is 15.0. The molecule has 0 radical (unpaired) electrons. The molecule has 0 unspecified atom stereocenters. The van der Waals surface area contributed by atoms with Crippen LogP contribution in [0.2, 0.25) is 10.0 Å². The van der Waals surface area contributed by atoms with Gasteiger partial charge in [-0.15, -0.1) is 0 Å². The zero-order valence-corrected chi connectivity index (χ0v) is 12.8. The Balaban J connectivity index is 2.42. The van der Waals surface area contributed by atoms with E-state index in [1.54, 1.807) is 19.2 Å². The van der Waals surface area contributed by atoms with Crippen LogP contribution in [0, 0.1) is 6.92 Å². The first-order chi connectivity index (χ1) is 8.90. The number of aromatic hydroxyl groups is 1. The van der Waals surface area contributed by atoms with Gasteiger partial charge in [0.05, 0.1) is 23.1 Å². The van der Waals surface area contributed by atoms with Crippen LogP contribution in [0.15, 0.2) is 21.8 Å². The summed E-state index contributed by atoms with van der Waals surface area (Å²) < 4.78 is 1.96. The molecule has 19 heavy (non-hydrogen) atoms. The van der Waals surface area contributed by atoms with Crippen LogP contribution in [0.5, 0.6) is 5.75 Å². The van der Waals surface area contributed by atoms with Gasteiger partial charge in [-0.25, -0.2) is 9.66 Å². The van der Waals surface area contributed by atoms with Crippen LogP contribution in [0.25, 0.3) is 0 Å². The molecule has 0 fully saturated rings. The molecule has 2 rings (SSSR count). The third-order valence-corrected chi connectivity index (χ3v) is 4.03. The Hall–Kier alpha value is -1.24. The maximum atomic E-state index is 9.87. The Morgan fingerprint density at radius 2 is 2.16 bits per heavy atom. The van der Waals surface area contributed by atoms with E-state index in [0.29, 0.717) is 10.0 Å². The van der Waals surface area contributed by atoms with Gasteiger partial charge in [-0.2, -0.15) is 5.10 Å². The summed E-state index contributed by atoms with van der Waals surface area (Å²) in [5.41, 5.74) is 6.80. The first-order valence-corrected chi connectivity index (χ1v) is 6.67. The van der Waals surface area contributed by atoms with Gasteiger partial charge in [-0.05, 0) is 28.9 Å². The first kappa shape index (κ1) is 14.2. The number of phenols is 1. The molecule has 1 aromatic heterocycles. The highest BCUT2D eigenvalue weighted by Crippen LogP contribution is 2.38. The molecule has 0 amide bonds. The molecule has 2 aromatic rings. The second kappa shape index (κ2) is 5.40. The van der Waals surface area contributed by atoms with Gasteiger partial charge >= 0.3 is 0 Å². The lowest BCUT2D eigenvalue weighted by Crippen LogP contribution is -1.97. The van der Waals surface area contributed by atoms with E-state index in [0.717, 1.165) is 5.69 Å². The molecule has 0 saturated carbocycles. The van der Waals surface area contributed by atoms with Crippen LogP contribution in [0.3, 0.4) is 0 Å². The van der Waals surface area contributed by atoms with Crippen LogP contribution in [0.1, 0.15) is 11.3 Å². The standard InChI is InChI=1S/C11H9BrCl2N4O/c1-5-4-18(11(15)17-5)16-3-6-2-7(12)8(13)9(14)10(6)19/h2-4,19H,1H3,(H2,15,17). The largest absolute Gasteiger partial charge is 0.506 e. The van der Waals surface area contributed by atoms with Gasteiger partial charge in [-0.1, -0.05) is 23.2 Å². The highest BCUT2D eigenvalue weighted by Gasteiger charge is 2.12. The molecule has 0 spiro atoms. The number of imidazole rings is 1. The smallest absolute Gasteiger partial charge is 0.221 e. The third kappa shape index (κ3) is 2.86. The molecular formula is C11H9BrCl2N4O. The van der Waals surface area contributed by atoms with Crippen molar-refractivity contribution in [1.29, 1.82) is 0 Å². The molecule has 3 N–H and O–H groups in total. The van der Waals surface area contributed by atoms with E-state index >= 15 is 0 Å². The van der Waals surface area contributed by atoms with Crippen molar-refractivity contribution in [3.8, 4) is 5.75 Å². The van der Waals surface area contributed by atoms with Crippen LogP contribution in [0.4, 0.5) is 5.95 Å². The molecule has 5 nitrogen and oxygen atoms in total. The number of rotatable bonds is 2. The van der Waals surface area contributed by atoms with Crippen molar-refractivity contribution in [1.82, 2.24) is 9.66 Å². The van der Waals surface area contributed by atoms with Crippen molar-refractivity contribution in [3.63, 3.8) is 0 Å². The van der Waals surface area contributed by atoms with Crippen LogP contribution < -0.4 is 5.73 Å². The maximum absolute atomic E-state index is 9.87. The second-order valence-corrected chi connectivity index (χ2v) is 5.36. The van der Waals surface area contributed by atoms with E-state index < -0.39 is 0 Å². The normalized spacial score (nSPS) is 11.4. The summed E-state index contributed by atoms with van der Waals surface area (Å²) in [6.07, 6.45) is 3.08. The SMILES string of the molecule is Cc1cn(N=Cc2cc(Br)c(Cl)c(Cl)c2O)c(N)n1. The van der Waals surface area contributed by atoms with Gasteiger partial charge in [0, 0.05) is 10.0 Å². The highest BCUT2D eigenvalue weighted by molar-refractivity contribution is 9.10. The number of aromatic nitrogens is 2. The molecule has 1 aromatic carbocycles. The van der Waals surface area contributed by atoms with E-state index in [1.807, 2.05) is 0 Å². The Bertz CT molecular complexity index is 669. The topological polar surface area (TPSA) is 76.4 Å². The molecule has 0 aliphatic rings. The number of phenolic OH excluding ortho intramolecular Hbond substituents is 1. The van der Waals surface area contributed by atoms with Crippen molar-refractivity contribution in [2.75, 3.05) is 5.73 Å². The van der Waals surface area contributed by atoms with E-state index in [2.05, 4.69) is 26.0 Å². The number of benzene rings is 1. The molecule has 0 aliphatic heterocycles. The molecule has 0 saturated heterocycles. The number of hydrogen-bond donors (Lipinski definition) is 2. The van der Waals surface area contributed by atoms with Gasteiger partial charge in [0.15, 0.2) is 0 Å². The van der Waals surface area contributed by atoms with E-state index in [-0.39, 0.29) is 21.7 Å². The Labute approximate surface area is 127 Å². The minimum absolute atomic E-state index is 0.0623. The third-order valence-electron chi connectivity index (χ3n) is 2.32. The monoisotopic (exact) mass is 362 g/mol. The van der Waals surface area contributed by atoms with Crippen LogP contribution in [-0.4, -0.2) is 21.0 Å². The molecule has 8 heteroatoms. The van der Waals surface area contributed by atoms with Gasteiger partial charge in [-0.3, -0.25) is 0 Å². The predicted molar refractivity (Wildman–Crippen MR) is 80.2 cm³/mol. The fourth-order valence-electron chi connectivity index (χ4n) is 1.42. The predicted octanol–water partition coefficient (Wildman–Crippen LogP) is 3.43. The van der Waals surface area contributed by atoms with E-state index in [9.17, 15) is 5.11 Å². The molecule has 0 atom stereocenters. The van der Waals surface area contributed by atoms with Crippen molar-refractivity contribution < 1.29 is 5.11 Å². The average Bonchev–Trinajstić information content (AvgIpc) is 2.68. The summed E-state index contributed by atoms with van der Waals surface area (Å²) in [7, 11) is 0. The summed E-state index contributed by atoms with van der Waals surface area (Å²) in [5.74, 6) is 0.112. The zero-order valence-electron chi connectivity index (χ0n) is 9.73. The van der Waals surface area contributed by atoms with Crippen molar-refractivity contribution >= 4 is 51.3 Å². The minimum atomic E-state index is -0.144. The Morgan fingerprint density at radius 1 is 1.47 bits per heavy atom. The molecule has 0 bridgehead atoms. The zero-order chi connectivity index (χ0) is 14.2. The lowest BCUT2D eigenvalue weighted by molar-refractivity contribution is 0.474. The second-order valence-electron chi connectivity index (χ2n) is 3.75. The van der Waals surface area contributed by atoms with Gasteiger partial charge in [0.25, 0.3) is 0 Å². The fourth-order valence-corrected chi connectivity index (χ4v) is 2.34. The van der Waals surface area contributed by atoms with Gasteiger partial charge in [0.2, 0.25) is 5.95 Å². The lowest BCUT2D eigenvalue weighted by atomic mass is 10.2. The lowest BCUT2D eigenvalue weighted by Gasteiger charge is -2.05. The molecule has 1 heterocycles. The van der Waals surface area contributed by atoms with Gasteiger partial charge < -0.3 is 10.8 Å². The quantitative estimate of drug-likeness (QED) is 0.633.